The lowest BCUT2D eigenvalue weighted by Crippen LogP contribution is -2.29. The number of nitrogens with one attached hydrogen (secondary N) is 2. The van der Waals surface area contributed by atoms with Gasteiger partial charge >= 0.3 is 6.03 Å². The van der Waals surface area contributed by atoms with E-state index >= 15 is 0 Å². The van der Waals surface area contributed by atoms with Gasteiger partial charge in [-0.25, -0.2) is 14.2 Å². The summed E-state index contributed by atoms with van der Waals surface area (Å²) in [4.78, 5) is 42.7. The summed E-state index contributed by atoms with van der Waals surface area (Å²) in [5.41, 5.74) is 6.89. The van der Waals surface area contributed by atoms with Crippen molar-refractivity contribution in [2.45, 2.75) is 40.2 Å². The van der Waals surface area contributed by atoms with Crippen LogP contribution in [0.15, 0.2) is 36.4 Å². The molecule has 0 aliphatic carbocycles. The van der Waals surface area contributed by atoms with E-state index in [4.69, 9.17) is 11.0 Å². The molecular formula is C25H28FN7O3. The summed E-state index contributed by atoms with van der Waals surface area (Å²) in [7, 11) is 1.68. The number of benzene rings is 2. The topological polar surface area (TPSA) is 146 Å². The lowest BCUT2D eigenvalue weighted by Gasteiger charge is -2.23. The molecule has 4 N–H and O–H groups in total. The van der Waals surface area contributed by atoms with Gasteiger partial charge in [-0.05, 0) is 41.8 Å². The fourth-order valence-corrected chi connectivity index (χ4v) is 3.53. The summed E-state index contributed by atoms with van der Waals surface area (Å²) in [5.74, 6) is -1.20. The first-order valence-electron chi connectivity index (χ1n) is 11.2. The summed E-state index contributed by atoms with van der Waals surface area (Å²) in [5, 5.41) is 13.9. The Bertz CT molecular complexity index is 1370. The third-order valence-corrected chi connectivity index (χ3v) is 5.33. The number of carbonyl (C=O) groups excluding carboxylic acids is 3. The highest BCUT2D eigenvalue weighted by molar-refractivity contribution is 6.00. The number of nitrogens with zero attached hydrogens (tertiary/aromatic N) is 4. The Labute approximate surface area is 207 Å². The molecular weight excluding hydrogens is 465 g/mol. The molecule has 0 saturated heterocycles. The van der Waals surface area contributed by atoms with Crippen LogP contribution in [0.1, 0.15) is 39.2 Å². The van der Waals surface area contributed by atoms with Crippen molar-refractivity contribution in [3.8, 4) is 6.07 Å². The van der Waals surface area contributed by atoms with Crippen molar-refractivity contribution in [2.24, 2.45) is 11.1 Å². The van der Waals surface area contributed by atoms with Gasteiger partial charge in [0, 0.05) is 37.8 Å². The first kappa shape index (κ1) is 26.2. The molecule has 188 valence electrons. The lowest BCUT2D eigenvalue weighted by molar-refractivity contribution is -0.120. The van der Waals surface area contributed by atoms with Gasteiger partial charge in [-0.1, -0.05) is 20.8 Å². The normalized spacial score (nSPS) is 11.1. The van der Waals surface area contributed by atoms with E-state index in [0.717, 1.165) is 6.07 Å². The standard InChI is InChI=1S/C25H28FN7O3/c1-25(2,3)13-22(35)32(4)17-7-8-20-19(12-17)30-23(33(20)10-9-21(28)34)31-24(36)29-16-6-5-15(14-27)18(26)11-16/h5-8,11-12H,9-10,13H2,1-4H3,(H2,28,34)(H2,29,30,31,36). The van der Waals surface area contributed by atoms with Crippen molar-refractivity contribution < 1.29 is 18.8 Å². The Hall–Kier alpha value is -4.46. The van der Waals surface area contributed by atoms with Gasteiger partial charge < -0.3 is 20.5 Å². The minimum atomic E-state index is -0.762. The molecule has 0 saturated carbocycles. The monoisotopic (exact) mass is 493 g/mol. The number of urea groups is 1. The Balaban J connectivity index is 1.89. The number of amides is 4. The number of nitrogens with two attached hydrogens (primary N) is 1. The zero-order chi connectivity index (χ0) is 26.6. The van der Waals surface area contributed by atoms with Crippen LogP contribution in [-0.2, 0) is 16.1 Å². The highest BCUT2D eigenvalue weighted by Crippen LogP contribution is 2.27. The van der Waals surface area contributed by atoms with E-state index in [1.165, 1.54) is 12.1 Å². The number of carbonyl (C=O) groups is 3. The van der Waals surface area contributed by atoms with Crippen LogP contribution in [0, 0.1) is 22.6 Å². The molecule has 0 atom stereocenters. The minimum Gasteiger partial charge on any atom is -0.370 e. The molecule has 36 heavy (non-hydrogen) atoms. The van der Waals surface area contributed by atoms with Gasteiger partial charge in [0.1, 0.15) is 11.9 Å². The maximum absolute atomic E-state index is 13.9. The van der Waals surface area contributed by atoms with Crippen LogP contribution in [0.25, 0.3) is 11.0 Å². The highest BCUT2D eigenvalue weighted by Gasteiger charge is 2.21. The van der Waals surface area contributed by atoms with Gasteiger partial charge in [0.15, 0.2) is 0 Å². The second kappa shape index (κ2) is 10.4. The first-order chi connectivity index (χ1) is 16.9. The Kier molecular flexibility index (Phi) is 7.58. The molecule has 1 heterocycles. The second-order valence-electron chi connectivity index (χ2n) is 9.55. The van der Waals surface area contributed by atoms with Gasteiger partial charge in [0.2, 0.25) is 17.8 Å². The van der Waals surface area contributed by atoms with Crippen LogP contribution in [0.5, 0.6) is 0 Å². The maximum Gasteiger partial charge on any atom is 0.326 e. The molecule has 2 aromatic carbocycles. The van der Waals surface area contributed by atoms with Gasteiger partial charge in [0.05, 0.1) is 16.6 Å². The third kappa shape index (κ3) is 6.35. The van der Waals surface area contributed by atoms with Crippen LogP contribution in [0.3, 0.4) is 0 Å². The molecule has 3 rings (SSSR count). The minimum absolute atomic E-state index is 0.00825. The molecule has 11 heteroatoms. The molecule has 10 nitrogen and oxygen atoms in total. The summed E-state index contributed by atoms with van der Waals surface area (Å²) >= 11 is 0. The molecule has 0 radical (unpaired) electrons. The van der Waals surface area contributed by atoms with Crippen molar-refractivity contribution >= 4 is 46.2 Å². The predicted octanol–water partition coefficient (Wildman–Crippen LogP) is 3.97. The van der Waals surface area contributed by atoms with Crippen molar-refractivity contribution in [3.63, 3.8) is 0 Å². The smallest absolute Gasteiger partial charge is 0.326 e. The molecule has 0 aliphatic rings. The van der Waals surface area contributed by atoms with Crippen molar-refractivity contribution in [1.29, 1.82) is 5.26 Å². The van der Waals surface area contributed by atoms with Crippen LogP contribution in [0.4, 0.5) is 26.5 Å². The Morgan fingerprint density at radius 1 is 1.17 bits per heavy atom. The number of primary amides is 1. The number of rotatable bonds is 7. The van der Waals surface area contributed by atoms with Crippen molar-refractivity contribution in [3.05, 3.63) is 47.8 Å². The van der Waals surface area contributed by atoms with E-state index in [9.17, 15) is 18.8 Å². The maximum atomic E-state index is 13.9. The number of nitriles is 1. The SMILES string of the molecule is CN(C(=O)CC(C)(C)C)c1ccc2c(c1)nc(NC(=O)Nc1ccc(C#N)c(F)c1)n2CCC(N)=O. The molecule has 0 bridgehead atoms. The van der Waals surface area contributed by atoms with E-state index in [-0.39, 0.29) is 41.5 Å². The Morgan fingerprint density at radius 2 is 1.89 bits per heavy atom. The summed E-state index contributed by atoms with van der Waals surface area (Å²) < 4.78 is 15.5. The molecule has 4 amide bonds. The molecule has 0 aliphatic heterocycles. The third-order valence-electron chi connectivity index (χ3n) is 5.33. The molecule has 0 unspecified atom stereocenters. The molecule has 3 aromatic rings. The van der Waals surface area contributed by atoms with Gasteiger partial charge in [-0.2, -0.15) is 5.26 Å². The number of hydrogen-bond acceptors (Lipinski definition) is 5. The zero-order valence-electron chi connectivity index (χ0n) is 20.6. The molecule has 1 aromatic heterocycles. The fourth-order valence-electron chi connectivity index (χ4n) is 3.53. The van der Waals surface area contributed by atoms with E-state index in [1.807, 2.05) is 20.8 Å². The number of anilines is 3. The summed E-state index contributed by atoms with van der Waals surface area (Å²) in [6.07, 6.45) is 0.367. The van der Waals surface area contributed by atoms with E-state index in [0.29, 0.717) is 23.1 Å². The number of halogens is 1. The lowest BCUT2D eigenvalue weighted by atomic mass is 9.91. The summed E-state index contributed by atoms with van der Waals surface area (Å²) in [6.45, 7) is 6.11. The van der Waals surface area contributed by atoms with Crippen molar-refractivity contribution in [2.75, 3.05) is 22.6 Å². The average molecular weight is 494 g/mol. The van der Waals surface area contributed by atoms with Crippen molar-refractivity contribution in [1.82, 2.24) is 9.55 Å². The number of fused-ring (bicyclic) bond motifs is 1. The average Bonchev–Trinajstić information content (AvgIpc) is 3.11. The molecule has 0 fully saturated rings. The van der Waals surface area contributed by atoms with Gasteiger partial charge in [-0.3, -0.25) is 14.9 Å². The number of aromatic nitrogens is 2. The van der Waals surface area contributed by atoms with E-state index in [2.05, 4.69) is 15.6 Å². The Morgan fingerprint density at radius 3 is 2.50 bits per heavy atom. The number of hydrogen-bond donors (Lipinski definition) is 3. The number of aryl methyl sites for hydroxylation is 1. The van der Waals surface area contributed by atoms with Crippen LogP contribution in [-0.4, -0.2) is 34.4 Å². The van der Waals surface area contributed by atoms with E-state index in [1.54, 1.807) is 40.8 Å². The first-order valence-corrected chi connectivity index (χ1v) is 11.2. The van der Waals surface area contributed by atoms with Crippen LogP contribution >= 0.6 is 0 Å². The second-order valence-corrected chi connectivity index (χ2v) is 9.55. The van der Waals surface area contributed by atoms with Gasteiger partial charge in [0.25, 0.3) is 0 Å². The number of imidazole rings is 1. The zero-order valence-corrected chi connectivity index (χ0v) is 20.6. The largest absolute Gasteiger partial charge is 0.370 e. The van der Waals surface area contributed by atoms with Gasteiger partial charge in [-0.15, -0.1) is 0 Å². The molecule has 0 spiro atoms. The fraction of sp³-hybridized carbons (Fsp3) is 0.320. The van der Waals surface area contributed by atoms with Crippen LogP contribution < -0.4 is 21.3 Å². The summed E-state index contributed by atoms with van der Waals surface area (Å²) in [6, 6.07) is 9.92. The predicted molar refractivity (Wildman–Crippen MR) is 135 cm³/mol. The van der Waals surface area contributed by atoms with Crippen LogP contribution in [0.2, 0.25) is 0 Å². The quantitative estimate of drug-likeness (QED) is 0.456. The highest BCUT2D eigenvalue weighted by atomic mass is 19.1. The van der Waals surface area contributed by atoms with E-state index < -0.39 is 17.8 Å².